The molecule has 1 aliphatic rings. The average molecular weight is 412 g/mol. The zero-order chi connectivity index (χ0) is 19.4. The Morgan fingerprint density at radius 3 is 2.30 bits per heavy atom. The first-order valence-corrected chi connectivity index (χ1v) is 10.2. The molecule has 0 atom stereocenters. The van der Waals surface area contributed by atoms with Crippen molar-refractivity contribution in [1.82, 2.24) is 9.21 Å². The fraction of sp³-hybridized carbons (Fsp3) is 0.278. The van der Waals surface area contributed by atoms with Gasteiger partial charge in [0.25, 0.3) is 0 Å². The Balaban J connectivity index is 1.55. The Morgan fingerprint density at radius 1 is 1.04 bits per heavy atom. The average Bonchev–Trinajstić information content (AvgIpc) is 2.64. The summed E-state index contributed by atoms with van der Waals surface area (Å²) in [4.78, 5) is 14.1. The molecule has 0 radical (unpaired) electrons. The number of para-hydroxylation sites is 1. The van der Waals surface area contributed by atoms with Gasteiger partial charge >= 0.3 is 0 Å². The molecule has 2 aromatic rings. The van der Waals surface area contributed by atoms with Crippen molar-refractivity contribution in [1.29, 1.82) is 0 Å². The van der Waals surface area contributed by atoms with Crippen LogP contribution in [0.15, 0.2) is 53.4 Å². The fourth-order valence-corrected chi connectivity index (χ4v) is 4.39. The van der Waals surface area contributed by atoms with Crippen LogP contribution in [0.25, 0.3) is 0 Å². The molecule has 1 saturated heterocycles. The van der Waals surface area contributed by atoms with E-state index in [2.05, 4.69) is 5.32 Å². The third-order valence-corrected chi connectivity index (χ3v) is 6.46. The summed E-state index contributed by atoms with van der Waals surface area (Å²) in [6, 6.07) is 12.0. The third-order valence-electron chi connectivity index (χ3n) is 4.30. The minimum Gasteiger partial charge on any atom is -0.322 e. The Kier molecular flexibility index (Phi) is 6.11. The van der Waals surface area contributed by atoms with Crippen LogP contribution in [0.4, 0.5) is 10.1 Å². The quantitative estimate of drug-likeness (QED) is 0.820. The molecule has 1 fully saturated rings. The summed E-state index contributed by atoms with van der Waals surface area (Å²) in [5, 5.41) is 3.00. The van der Waals surface area contributed by atoms with Crippen molar-refractivity contribution in [3.63, 3.8) is 0 Å². The highest BCUT2D eigenvalue weighted by atomic mass is 35.5. The highest BCUT2D eigenvalue weighted by Gasteiger charge is 2.29. The molecule has 9 heteroatoms. The van der Waals surface area contributed by atoms with Crippen molar-refractivity contribution >= 4 is 33.2 Å². The summed E-state index contributed by atoms with van der Waals surface area (Å²) >= 11 is 5.81. The van der Waals surface area contributed by atoms with E-state index in [1.54, 1.807) is 12.1 Å². The fourth-order valence-electron chi connectivity index (χ4n) is 2.84. The Bertz CT molecular complexity index is 914. The van der Waals surface area contributed by atoms with Crippen molar-refractivity contribution in [2.45, 2.75) is 4.90 Å². The zero-order valence-corrected chi connectivity index (χ0v) is 16.0. The Hall–Kier alpha value is -2.00. The summed E-state index contributed by atoms with van der Waals surface area (Å²) in [7, 11) is -3.59. The molecule has 2 aromatic carbocycles. The summed E-state index contributed by atoms with van der Waals surface area (Å²) in [5.41, 5.74) is 0.131. The number of carbonyl (C=O) groups excluding carboxylic acids is 1. The van der Waals surface area contributed by atoms with Crippen molar-refractivity contribution in [3.05, 3.63) is 59.4 Å². The molecule has 0 unspecified atom stereocenters. The van der Waals surface area contributed by atoms with Gasteiger partial charge in [0.05, 0.1) is 17.1 Å². The van der Waals surface area contributed by atoms with E-state index >= 15 is 0 Å². The molecule has 1 amide bonds. The maximum absolute atomic E-state index is 13.6. The smallest absolute Gasteiger partial charge is 0.243 e. The number of piperazine rings is 1. The molecule has 0 bridgehead atoms. The van der Waals surface area contributed by atoms with Crippen LogP contribution in [0.5, 0.6) is 0 Å². The number of amides is 1. The van der Waals surface area contributed by atoms with Crippen LogP contribution in [0.2, 0.25) is 5.02 Å². The Labute approximate surface area is 162 Å². The number of anilines is 1. The second-order valence-corrected chi connectivity index (χ2v) is 8.54. The minimum absolute atomic E-state index is 0.0726. The van der Waals surface area contributed by atoms with Gasteiger partial charge in [-0.1, -0.05) is 23.7 Å². The van der Waals surface area contributed by atoms with Gasteiger partial charge in [0, 0.05) is 31.2 Å². The van der Waals surface area contributed by atoms with Gasteiger partial charge in [-0.15, -0.1) is 0 Å². The zero-order valence-electron chi connectivity index (χ0n) is 14.4. The normalized spacial score (nSPS) is 16.2. The SMILES string of the molecule is O=C(CN1CCN(S(=O)(=O)c2ccc(Cl)cc2)CC1)Nc1ccccc1F. The summed E-state index contributed by atoms with van der Waals surface area (Å²) in [5.74, 6) is -0.834. The van der Waals surface area contributed by atoms with Crippen LogP contribution in [0, 0.1) is 5.82 Å². The van der Waals surface area contributed by atoms with Crippen LogP contribution in [-0.2, 0) is 14.8 Å². The molecule has 144 valence electrons. The van der Waals surface area contributed by atoms with Gasteiger partial charge in [-0.2, -0.15) is 4.31 Å². The van der Waals surface area contributed by atoms with Gasteiger partial charge in [-0.3, -0.25) is 9.69 Å². The van der Waals surface area contributed by atoms with Gasteiger partial charge in [0.2, 0.25) is 15.9 Å². The maximum atomic E-state index is 13.6. The third kappa shape index (κ3) is 4.84. The van der Waals surface area contributed by atoms with E-state index in [0.29, 0.717) is 18.1 Å². The minimum atomic E-state index is -3.59. The molecule has 0 aliphatic carbocycles. The number of hydrogen-bond donors (Lipinski definition) is 1. The van der Waals surface area contributed by atoms with Crippen molar-refractivity contribution in [2.24, 2.45) is 0 Å². The van der Waals surface area contributed by atoms with Crippen molar-refractivity contribution < 1.29 is 17.6 Å². The molecule has 0 aromatic heterocycles. The lowest BCUT2D eigenvalue weighted by atomic mass is 10.3. The number of hydrogen-bond acceptors (Lipinski definition) is 4. The van der Waals surface area contributed by atoms with Gasteiger partial charge in [-0.25, -0.2) is 12.8 Å². The number of nitrogens with zero attached hydrogens (tertiary/aromatic N) is 2. The number of nitrogens with one attached hydrogen (secondary N) is 1. The van der Waals surface area contributed by atoms with E-state index in [9.17, 15) is 17.6 Å². The van der Waals surface area contributed by atoms with E-state index in [4.69, 9.17) is 11.6 Å². The number of carbonyl (C=O) groups is 1. The molecule has 1 heterocycles. The van der Waals surface area contributed by atoms with E-state index < -0.39 is 15.8 Å². The maximum Gasteiger partial charge on any atom is 0.243 e. The first kappa shape index (κ1) is 19.8. The molecule has 27 heavy (non-hydrogen) atoms. The summed E-state index contributed by atoms with van der Waals surface area (Å²) in [6.07, 6.45) is 0. The molecule has 1 N–H and O–H groups in total. The largest absolute Gasteiger partial charge is 0.322 e. The first-order chi connectivity index (χ1) is 12.9. The van der Waals surface area contributed by atoms with Gasteiger partial charge in [0.1, 0.15) is 5.82 Å². The molecule has 0 saturated carbocycles. The van der Waals surface area contributed by atoms with E-state index in [1.165, 1.54) is 40.7 Å². The highest BCUT2D eigenvalue weighted by molar-refractivity contribution is 7.89. The Morgan fingerprint density at radius 2 is 1.67 bits per heavy atom. The summed E-state index contributed by atoms with van der Waals surface area (Å²) in [6.45, 7) is 1.45. The van der Waals surface area contributed by atoms with Crippen LogP contribution in [0.3, 0.4) is 0 Å². The van der Waals surface area contributed by atoms with Crippen molar-refractivity contribution in [2.75, 3.05) is 38.0 Å². The van der Waals surface area contributed by atoms with Gasteiger partial charge < -0.3 is 5.32 Å². The molecule has 6 nitrogen and oxygen atoms in total. The second kappa shape index (κ2) is 8.35. The monoisotopic (exact) mass is 411 g/mol. The van der Waals surface area contributed by atoms with Crippen LogP contribution >= 0.6 is 11.6 Å². The predicted molar refractivity (Wildman–Crippen MR) is 102 cm³/mol. The standard InChI is InChI=1S/C18H19ClFN3O3S/c19-14-5-7-15(8-6-14)27(25,26)23-11-9-22(10-12-23)13-18(24)21-17-4-2-1-3-16(17)20/h1-8H,9-13H2,(H,21,24). The predicted octanol–water partition coefficient (Wildman–Crippen LogP) is 2.42. The molecular weight excluding hydrogens is 393 g/mol. The number of rotatable bonds is 5. The van der Waals surface area contributed by atoms with Crippen LogP contribution in [-0.4, -0.2) is 56.3 Å². The first-order valence-electron chi connectivity index (χ1n) is 8.39. The topological polar surface area (TPSA) is 69.7 Å². The number of sulfonamides is 1. The van der Waals surface area contributed by atoms with Crippen molar-refractivity contribution in [3.8, 4) is 0 Å². The van der Waals surface area contributed by atoms with E-state index in [-0.39, 0.29) is 36.1 Å². The van der Waals surface area contributed by atoms with E-state index in [0.717, 1.165) is 0 Å². The molecule has 1 aliphatic heterocycles. The lowest BCUT2D eigenvalue weighted by Gasteiger charge is -2.33. The second-order valence-electron chi connectivity index (χ2n) is 6.16. The van der Waals surface area contributed by atoms with Crippen LogP contribution in [0.1, 0.15) is 0 Å². The lowest BCUT2D eigenvalue weighted by Crippen LogP contribution is -2.50. The highest BCUT2D eigenvalue weighted by Crippen LogP contribution is 2.20. The van der Waals surface area contributed by atoms with Crippen LogP contribution < -0.4 is 5.32 Å². The number of halogens is 2. The van der Waals surface area contributed by atoms with Gasteiger partial charge in [-0.05, 0) is 36.4 Å². The van der Waals surface area contributed by atoms with E-state index in [1.807, 2.05) is 4.90 Å². The number of benzene rings is 2. The van der Waals surface area contributed by atoms with Gasteiger partial charge in [0.15, 0.2) is 0 Å². The molecule has 3 rings (SSSR count). The molecular formula is C18H19ClFN3O3S. The summed E-state index contributed by atoms with van der Waals surface area (Å²) < 4.78 is 40.3. The molecule has 0 spiro atoms. The lowest BCUT2D eigenvalue weighted by molar-refractivity contribution is -0.117.